The van der Waals surface area contributed by atoms with Gasteiger partial charge < -0.3 is 14.4 Å². The van der Waals surface area contributed by atoms with Crippen molar-refractivity contribution in [3.63, 3.8) is 0 Å². The topological polar surface area (TPSA) is 38.8 Å². The lowest BCUT2D eigenvalue weighted by Gasteiger charge is -2.23. The number of benzene rings is 2. The Bertz CT molecular complexity index is 698. The van der Waals surface area contributed by atoms with E-state index in [9.17, 15) is 4.79 Å². The second-order valence-corrected chi connectivity index (χ2v) is 7.09. The van der Waals surface area contributed by atoms with Crippen molar-refractivity contribution in [1.82, 2.24) is 4.90 Å². The maximum Gasteiger partial charge on any atom is 0.261 e. The number of rotatable bonds is 7. The van der Waals surface area contributed by atoms with Crippen molar-refractivity contribution in [2.75, 3.05) is 13.7 Å². The van der Waals surface area contributed by atoms with E-state index in [1.807, 2.05) is 53.4 Å². The van der Waals surface area contributed by atoms with Crippen LogP contribution in [0.1, 0.15) is 18.4 Å². The lowest BCUT2D eigenvalue weighted by molar-refractivity contribution is -0.134. The predicted octanol–water partition coefficient (Wildman–Crippen LogP) is 3.87. The highest BCUT2D eigenvalue weighted by atomic mass is 127. The van der Waals surface area contributed by atoms with Crippen molar-refractivity contribution in [2.45, 2.75) is 25.4 Å². The van der Waals surface area contributed by atoms with E-state index in [-0.39, 0.29) is 12.5 Å². The van der Waals surface area contributed by atoms with Gasteiger partial charge in [0.05, 0.1) is 7.11 Å². The Morgan fingerprint density at radius 2 is 1.92 bits per heavy atom. The highest BCUT2D eigenvalue weighted by Crippen LogP contribution is 2.29. The van der Waals surface area contributed by atoms with E-state index >= 15 is 0 Å². The number of ether oxygens (including phenoxy) is 2. The third-order valence-corrected chi connectivity index (χ3v) is 4.65. The minimum absolute atomic E-state index is 0.0344. The molecule has 4 nitrogen and oxygen atoms in total. The van der Waals surface area contributed by atoms with Crippen LogP contribution >= 0.6 is 22.6 Å². The molecule has 0 heterocycles. The van der Waals surface area contributed by atoms with E-state index < -0.39 is 0 Å². The first-order valence-electron chi connectivity index (χ1n) is 7.96. The molecule has 1 fully saturated rings. The van der Waals surface area contributed by atoms with Gasteiger partial charge in [-0.15, -0.1) is 0 Å². The summed E-state index contributed by atoms with van der Waals surface area (Å²) in [5.41, 5.74) is 1.10. The van der Waals surface area contributed by atoms with E-state index in [0.29, 0.717) is 12.6 Å². The lowest BCUT2D eigenvalue weighted by atomic mass is 10.2. The van der Waals surface area contributed by atoms with Crippen LogP contribution in [0.15, 0.2) is 48.5 Å². The normalized spacial score (nSPS) is 13.4. The second kappa shape index (κ2) is 7.88. The largest absolute Gasteiger partial charge is 0.497 e. The molecule has 0 atom stereocenters. The van der Waals surface area contributed by atoms with Gasteiger partial charge >= 0.3 is 0 Å². The van der Waals surface area contributed by atoms with Gasteiger partial charge in [0, 0.05) is 16.2 Å². The summed E-state index contributed by atoms with van der Waals surface area (Å²) in [5, 5.41) is 0. The summed E-state index contributed by atoms with van der Waals surface area (Å²) < 4.78 is 11.9. The highest BCUT2D eigenvalue weighted by molar-refractivity contribution is 14.1. The van der Waals surface area contributed by atoms with Crippen molar-refractivity contribution in [3.8, 4) is 11.5 Å². The van der Waals surface area contributed by atoms with Crippen LogP contribution < -0.4 is 9.47 Å². The number of carbonyl (C=O) groups excluding carboxylic acids is 1. The zero-order chi connectivity index (χ0) is 16.9. The van der Waals surface area contributed by atoms with Gasteiger partial charge in [0.25, 0.3) is 5.91 Å². The Morgan fingerprint density at radius 1 is 1.17 bits per heavy atom. The molecule has 24 heavy (non-hydrogen) atoms. The smallest absolute Gasteiger partial charge is 0.261 e. The van der Waals surface area contributed by atoms with Crippen LogP contribution in [0.5, 0.6) is 11.5 Å². The molecule has 0 bridgehead atoms. The molecule has 1 aliphatic carbocycles. The molecule has 0 aliphatic heterocycles. The molecule has 0 unspecified atom stereocenters. The van der Waals surface area contributed by atoms with Gasteiger partial charge in [0.2, 0.25) is 0 Å². The molecule has 0 N–H and O–H groups in total. The van der Waals surface area contributed by atoms with Crippen molar-refractivity contribution >= 4 is 28.5 Å². The minimum Gasteiger partial charge on any atom is -0.497 e. The molecule has 126 valence electrons. The number of hydrogen-bond donors (Lipinski definition) is 0. The number of hydrogen-bond acceptors (Lipinski definition) is 3. The van der Waals surface area contributed by atoms with Gasteiger partial charge in [-0.3, -0.25) is 4.79 Å². The second-order valence-electron chi connectivity index (χ2n) is 5.85. The molecule has 1 amide bonds. The predicted molar refractivity (Wildman–Crippen MR) is 101 cm³/mol. The van der Waals surface area contributed by atoms with E-state index in [0.717, 1.165) is 33.5 Å². The van der Waals surface area contributed by atoms with Crippen molar-refractivity contribution in [1.29, 1.82) is 0 Å². The Balaban J connectivity index is 1.61. The Kier molecular flexibility index (Phi) is 5.60. The molecular weight excluding hydrogens is 417 g/mol. The van der Waals surface area contributed by atoms with Gasteiger partial charge in [-0.1, -0.05) is 18.2 Å². The van der Waals surface area contributed by atoms with E-state index in [1.54, 1.807) is 7.11 Å². The Hall–Kier alpha value is -1.76. The molecule has 0 spiro atoms. The van der Waals surface area contributed by atoms with Crippen LogP contribution in [0.25, 0.3) is 0 Å². The van der Waals surface area contributed by atoms with Crippen LogP contribution in [0, 0.1) is 3.57 Å². The Labute approximate surface area is 155 Å². The molecule has 5 heteroatoms. The van der Waals surface area contributed by atoms with Crippen LogP contribution in [0.4, 0.5) is 0 Å². The third kappa shape index (κ3) is 4.63. The van der Waals surface area contributed by atoms with Gasteiger partial charge in [0.15, 0.2) is 6.61 Å². The van der Waals surface area contributed by atoms with Gasteiger partial charge in [-0.2, -0.15) is 0 Å². The summed E-state index contributed by atoms with van der Waals surface area (Å²) >= 11 is 2.23. The molecule has 0 radical (unpaired) electrons. The summed E-state index contributed by atoms with van der Waals surface area (Å²) in [6, 6.07) is 15.9. The number of amides is 1. The molecule has 3 rings (SSSR count). The fourth-order valence-electron chi connectivity index (χ4n) is 2.52. The van der Waals surface area contributed by atoms with Crippen molar-refractivity contribution in [2.24, 2.45) is 0 Å². The minimum atomic E-state index is 0.0344. The zero-order valence-corrected chi connectivity index (χ0v) is 15.7. The lowest BCUT2D eigenvalue weighted by Crippen LogP contribution is -2.36. The van der Waals surface area contributed by atoms with Crippen LogP contribution in [0.2, 0.25) is 0 Å². The molecule has 2 aromatic rings. The summed E-state index contributed by atoms with van der Waals surface area (Å²) in [7, 11) is 1.65. The van der Waals surface area contributed by atoms with Crippen molar-refractivity contribution in [3.05, 3.63) is 57.7 Å². The first kappa shape index (κ1) is 17.1. The maximum atomic E-state index is 12.6. The van der Waals surface area contributed by atoms with E-state index in [4.69, 9.17) is 9.47 Å². The third-order valence-electron chi connectivity index (χ3n) is 3.98. The first-order valence-corrected chi connectivity index (χ1v) is 9.04. The number of methoxy groups -OCH3 is 1. The Morgan fingerprint density at radius 3 is 2.54 bits per heavy atom. The molecular formula is C19H20INO3. The van der Waals surface area contributed by atoms with Gasteiger partial charge in [-0.25, -0.2) is 0 Å². The summed E-state index contributed by atoms with van der Waals surface area (Å²) in [4.78, 5) is 14.5. The molecule has 1 aliphatic rings. The standard InChI is InChI=1S/C19H20INO3/c1-23-17-9-5-14(6-10-17)12-21(16-7-8-16)19(22)13-24-18-4-2-3-15(20)11-18/h2-6,9-11,16H,7-8,12-13H2,1H3. The quantitative estimate of drug-likeness (QED) is 0.618. The van der Waals surface area contributed by atoms with Crippen LogP contribution in [-0.2, 0) is 11.3 Å². The van der Waals surface area contributed by atoms with E-state index in [1.165, 1.54) is 0 Å². The average Bonchev–Trinajstić information content (AvgIpc) is 3.43. The fraction of sp³-hybridized carbons (Fsp3) is 0.316. The fourth-order valence-corrected chi connectivity index (χ4v) is 3.03. The molecule has 2 aromatic carbocycles. The highest BCUT2D eigenvalue weighted by Gasteiger charge is 2.32. The van der Waals surface area contributed by atoms with Gasteiger partial charge in [-0.05, 0) is 71.3 Å². The number of carbonyl (C=O) groups is 1. The molecule has 0 saturated heterocycles. The SMILES string of the molecule is COc1ccc(CN(C(=O)COc2cccc(I)c2)C2CC2)cc1. The summed E-state index contributed by atoms with van der Waals surface area (Å²) in [6.07, 6.45) is 2.15. The zero-order valence-electron chi connectivity index (χ0n) is 13.6. The monoisotopic (exact) mass is 437 g/mol. The van der Waals surface area contributed by atoms with Crippen LogP contribution in [-0.4, -0.2) is 30.6 Å². The summed E-state index contributed by atoms with van der Waals surface area (Å²) in [5.74, 6) is 1.59. The molecule has 0 aromatic heterocycles. The molecule has 1 saturated carbocycles. The van der Waals surface area contributed by atoms with Crippen LogP contribution in [0.3, 0.4) is 0 Å². The maximum absolute atomic E-state index is 12.6. The first-order chi connectivity index (χ1) is 11.7. The summed E-state index contributed by atoms with van der Waals surface area (Å²) in [6.45, 7) is 0.690. The van der Waals surface area contributed by atoms with Crippen molar-refractivity contribution < 1.29 is 14.3 Å². The van der Waals surface area contributed by atoms with E-state index in [2.05, 4.69) is 22.6 Å². The average molecular weight is 437 g/mol. The van der Waals surface area contributed by atoms with Gasteiger partial charge in [0.1, 0.15) is 11.5 Å². The number of halogens is 1. The number of nitrogens with zero attached hydrogens (tertiary/aromatic N) is 1.